The Morgan fingerprint density at radius 1 is 1.37 bits per heavy atom. The lowest BCUT2D eigenvalue weighted by atomic mass is 10.3. The number of aromatic nitrogens is 2. The summed E-state index contributed by atoms with van der Waals surface area (Å²) in [5, 5.41) is 12.5. The molecular formula is C12H7Cl2N3OS. The highest BCUT2D eigenvalue weighted by Gasteiger charge is 2.09. The van der Waals surface area contributed by atoms with Crippen molar-refractivity contribution in [3.05, 3.63) is 45.6 Å². The average Bonchev–Trinajstić information content (AvgIpc) is 2.92. The van der Waals surface area contributed by atoms with Crippen molar-refractivity contribution in [2.45, 2.75) is 0 Å². The molecule has 0 bridgehead atoms. The van der Waals surface area contributed by atoms with Crippen LogP contribution in [0.5, 0.6) is 5.75 Å². The van der Waals surface area contributed by atoms with Gasteiger partial charge in [-0.1, -0.05) is 23.2 Å². The van der Waals surface area contributed by atoms with Gasteiger partial charge in [0.15, 0.2) is 10.1 Å². The third kappa shape index (κ3) is 2.32. The standard InChI is InChI=1S/C12H7Cl2N3OS/c13-7-1-2-10(18)8(5-7)15-6-9-11(14)16-12-17(9)3-4-19-12/h1-6,18H. The van der Waals surface area contributed by atoms with E-state index in [1.165, 1.54) is 17.4 Å². The van der Waals surface area contributed by atoms with Crippen LogP contribution in [0.15, 0.2) is 34.8 Å². The van der Waals surface area contributed by atoms with E-state index in [0.717, 1.165) is 4.96 Å². The zero-order valence-electron chi connectivity index (χ0n) is 9.42. The number of nitrogens with zero attached hydrogens (tertiary/aromatic N) is 3. The normalized spacial score (nSPS) is 11.7. The maximum Gasteiger partial charge on any atom is 0.195 e. The monoisotopic (exact) mass is 311 g/mol. The Hall–Kier alpha value is -1.56. The van der Waals surface area contributed by atoms with Gasteiger partial charge in [-0.3, -0.25) is 9.39 Å². The van der Waals surface area contributed by atoms with Gasteiger partial charge < -0.3 is 5.11 Å². The summed E-state index contributed by atoms with van der Waals surface area (Å²) in [6.07, 6.45) is 3.42. The summed E-state index contributed by atoms with van der Waals surface area (Å²) in [4.78, 5) is 9.19. The second kappa shape index (κ2) is 4.85. The Balaban J connectivity index is 2.04. The Morgan fingerprint density at radius 3 is 3.05 bits per heavy atom. The van der Waals surface area contributed by atoms with Gasteiger partial charge in [-0.2, -0.15) is 0 Å². The lowest BCUT2D eigenvalue weighted by molar-refractivity contribution is 0.477. The number of phenolic OH excluding ortho intramolecular Hbond substituents is 1. The number of benzene rings is 1. The van der Waals surface area contributed by atoms with Crippen molar-refractivity contribution < 1.29 is 5.11 Å². The Kier molecular flexibility index (Phi) is 3.18. The van der Waals surface area contributed by atoms with Crippen LogP contribution in [0, 0.1) is 0 Å². The number of imidazole rings is 1. The zero-order valence-corrected chi connectivity index (χ0v) is 11.7. The number of hydrogen-bond acceptors (Lipinski definition) is 4. The first-order valence-corrected chi connectivity index (χ1v) is 6.92. The number of thiazole rings is 1. The van der Waals surface area contributed by atoms with Crippen LogP contribution in [0.25, 0.3) is 4.96 Å². The van der Waals surface area contributed by atoms with Crippen LogP contribution in [0.1, 0.15) is 5.69 Å². The summed E-state index contributed by atoms with van der Waals surface area (Å²) in [6, 6.07) is 4.67. The van der Waals surface area contributed by atoms with E-state index in [1.54, 1.807) is 18.3 Å². The predicted molar refractivity (Wildman–Crippen MR) is 78.4 cm³/mol. The second-order valence-electron chi connectivity index (χ2n) is 3.73. The Morgan fingerprint density at radius 2 is 2.21 bits per heavy atom. The van der Waals surface area contributed by atoms with Gasteiger partial charge in [0, 0.05) is 16.6 Å². The van der Waals surface area contributed by atoms with Gasteiger partial charge in [0.2, 0.25) is 0 Å². The molecule has 0 radical (unpaired) electrons. The van der Waals surface area contributed by atoms with Crippen molar-refractivity contribution in [3.8, 4) is 5.75 Å². The van der Waals surface area contributed by atoms with Crippen molar-refractivity contribution in [2.24, 2.45) is 4.99 Å². The fraction of sp³-hybridized carbons (Fsp3) is 0. The second-order valence-corrected chi connectivity index (χ2v) is 5.40. The first-order valence-electron chi connectivity index (χ1n) is 5.29. The van der Waals surface area contributed by atoms with Crippen molar-refractivity contribution in [1.29, 1.82) is 0 Å². The van der Waals surface area contributed by atoms with Crippen molar-refractivity contribution >= 4 is 51.4 Å². The van der Waals surface area contributed by atoms with Gasteiger partial charge in [-0.05, 0) is 18.2 Å². The topological polar surface area (TPSA) is 49.9 Å². The van der Waals surface area contributed by atoms with Gasteiger partial charge >= 0.3 is 0 Å². The Bertz CT molecular complexity index is 778. The number of aliphatic imine (C=N–C) groups is 1. The quantitative estimate of drug-likeness (QED) is 0.722. The molecular weight excluding hydrogens is 305 g/mol. The van der Waals surface area contributed by atoms with Crippen molar-refractivity contribution in [1.82, 2.24) is 9.38 Å². The minimum Gasteiger partial charge on any atom is -0.506 e. The minimum atomic E-state index is 0.0582. The highest BCUT2D eigenvalue weighted by molar-refractivity contribution is 7.15. The van der Waals surface area contributed by atoms with Crippen LogP contribution in [0.4, 0.5) is 5.69 Å². The number of hydrogen-bond donors (Lipinski definition) is 1. The van der Waals surface area contributed by atoms with Gasteiger partial charge in [0.1, 0.15) is 17.1 Å². The molecule has 0 saturated carbocycles. The minimum absolute atomic E-state index is 0.0582. The molecule has 1 N–H and O–H groups in total. The molecule has 0 saturated heterocycles. The average molecular weight is 312 g/mol. The number of aromatic hydroxyl groups is 1. The van der Waals surface area contributed by atoms with Gasteiger partial charge in [0.25, 0.3) is 0 Å². The molecule has 0 aliphatic carbocycles. The molecule has 19 heavy (non-hydrogen) atoms. The van der Waals surface area contributed by atoms with Crippen LogP contribution in [-0.4, -0.2) is 20.7 Å². The molecule has 0 amide bonds. The summed E-state index contributed by atoms with van der Waals surface area (Å²) in [5.74, 6) is 0.0582. The van der Waals surface area contributed by atoms with Crippen LogP contribution in [-0.2, 0) is 0 Å². The highest BCUT2D eigenvalue weighted by Crippen LogP contribution is 2.29. The van der Waals surface area contributed by atoms with Gasteiger partial charge in [0.05, 0.1) is 6.21 Å². The zero-order chi connectivity index (χ0) is 13.4. The van der Waals surface area contributed by atoms with E-state index in [-0.39, 0.29) is 5.75 Å². The third-order valence-corrected chi connectivity index (χ3v) is 3.79. The largest absolute Gasteiger partial charge is 0.506 e. The molecule has 3 rings (SSSR count). The molecule has 0 aliphatic heterocycles. The Labute approximate surface area is 122 Å². The molecule has 0 aliphatic rings. The van der Waals surface area contributed by atoms with Crippen LogP contribution < -0.4 is 0 Å². The van der Waals surface area contributed by atoms with Crippen molar-refractivity contribution in [2.75, 3.05) is 0 Å². The number of phenols is 1. The lowest BCUT2D eigenvalue weighted by Gasteiger charge is -1.98. The summed E-state index contributed by atoms with van der Waals surface area (Å²) in [5.41, 5.74) is 1.05. The van der Waals surface area contributed by atoms with Crippen LogP contribution in [0.2, 0.25) is 10.2 Å². The molecule has 0 unspecified atom stereocenters. The maximum atomic E-state index is 9.68. The first-order chi connectivity index (χ1) is 9.15. The number of rotatable bonds is 2. The molecule has 7 heteroatoms. The smallest absolute Gasteiger partial charge is 0.195 e. The van der Waals surface area contributed by atoms with E-state index < -0.39 is 0 Å². The summed E-state index contributed by atoms with van der Waals surface area (Å²) in [6.45, 7) is 0. The first kappa shape index (κ1) is 12.5. The molecule has 1 aromatic carbocycles. The molecule has 0 fully saturated rings. The van der Waals surface area contributed by atoms with Gasteiger partial charge in [-0.15, -0.1) is 11.3 Å². The third-order valence-electron chi connectivity index (χ3n) is 2.52. The maximum absolute atomic E-state index is 9.68. The van der Waals surface area contributed by atoms with E-state index >= 15 is 0 Å². The molecule has 2 aromatic heterocycles. The summed E-state index contributed by atoms with van der Waals surface area (Å²) in [7, 11) is 0. The van der Waals surface area contributed by atoms with Crippen molar-refractivity contribution in [3.63, 3.8) is 0 Å². The molecule has 3 aromatic rings. The van der Waals surface area contributed by atoms with Crippen LogP contribution in [0.3, 0.4) is 0 Å². The van der Waals surface area contributed by atoms with E-state index in [0.29, 0.717) is 21.6 Å². The SMILES string of the molecule is Oc1ccc(Cl)cc1N=Cc1c(Cl)nc2sccn12. The molecule has 0 atom stereocenters. The fourth-order valence-corrected chi connectivity index (χ4v) is 2.78. The molecule has 2 heterocycles. The van der Waals surface area contributed by atoms with E-state index in [9.17, 15) is 5.11 Å². The fourth-order valence-electron chi connectivity index (χ4n) is 1.62. The summed E-state index contributed by atoms with van der Waals surface area (Å²) < 4.78 is 1.83. The van der Waals surface area contributed by atoms with E-state index in [1.807, 2.05) is 16.0 Å². The molecule has 0 spiro atoms. The lowest BCUT2D eigenvalue weighted by Crippen LogP contribution is -1.87. The highest BCUT2D eigenvalue weighted by atomic mass is 35.5. The number of halogens is 2. The van der Waals surface area contributed by atoms with Crippen LogP contribution >= 0.6 is 34.5 Å². The summed E-state index contributed by atoms with van der Waals surface area (Å²) >= 11 is 13.4. The molecule has 96 valence electrons. The number of fused-ring (bicyclic) bond motifs is 1. The predicted octanol–water partition coefficient (Wildman–Crippen LogP) is 4.16. The van der Waals surface area contributed by atoms with E-state index in [4.69, 9.17) is 23.2 Å². The molecule has 4 nitrogen and oxygen atoms in total. The van der Waals surface area contributed by atoms with Gasteiger partial charge in [-0.25, -0.2) is 4.98 Å². The van der Waals surface area contributed by atoms with E-state index in [2.05, 4.69) is 9.98 Å².